The summed E-state index contributed by atoms with van der Waals surface area (Å²) >= 11 is 7.77. The van der Waals surface area contributed by atoms with Crippen LogP contribution in [0, 0.1) is 13.8 Å². The van der Waals surface area contributed by atoms with Crippen molar-refractivity contribution in [1.29, 1.82) is 0 Å². The highest BCUT2D eigenvalue weighted by atomic mass is 35.5. The molecule has 0 saturated heterocycles. The minimum absolute atomic E-state index is 0.119. The fraction of sp³-hybridized carbons (Fsp3) is 0.167. The van der Waals surface area contributed by atoms with Crippen LogP contribution in [-0.4, -0.2) is 5.91 Å². The van der Waals surface area contributed by atoms with Gasteiger partial charge in [-0.15, -0.1) is 11.3 Å². The van der Waals surface area contributed by atoms with Gasteiger partial charge in [0.25, 0.3) is 5.91 Å². The number of nitrogens with one attached hydrogen (secondary N) is 1. The lowest BCUT2D eigenvalue weighted by molar-refractivity contribution is 0.0955. The van der Waals surface area contributed by atoms with Gasteiger partial charge in [0.05, 0.1) is 5.02 Å². The van der Waals surface area contributed by atoms with Crippen molar-refractivity contribution in [2.45, 2.75) is 20.4 Å². The highest BCUT2D eigenvalue weighted by Crippen LogP contribution is 2.35. The molecule has 0 aliphatic carbocycles. The molecule has 112 valence electrons. The van der Waals surface area contributed by atoms with Gasteiger partial charge in [0, 0.05) is 16.6 Å². The first-order valence-electron chi connectivity index (χ1n) is 7.07. The van der Waals surface area contributed by atoms with Crippen LogP contribution in [0.3, 0.4) is 0 Å². The van der Waals surface area contributed by atoms with Gasteiger partial charge in [0.2, 0.25) is 0 Å². The van der Waals surface area contributed by atoms with Crippen molar-refractivity contribution in [3.63, 3.8) is 0 Å². The lowest BCUT2D eigenvalue weighted by Crippen LogP contribution is -2.22. The Kier molecular flexibility index (Phi) is 4.19. The molecule has 0 saturated carbocycles. The Morgan fingerprint density at radius 1 is 1.18 bits per heavy atom. The van der Waals surface area contributed by atoms with Crippen molar-refractivity contribution < 1.29 is 4.79 Å². The summed E-state index contributed by atoms with van der Waals surface area (Å²) in [6, 6.07) is 14.0. The molecule has 2 aromatic carbocycles. The van der Waals surface area contributed by atoms with E-state index in [0.717, 1.165) is 15.6 Å². The number of aryl methyl sites for hydroxylation is 2. The Hall–Kier alpha value is -1.84. The number of benzene rings is 2. The number of fused-ring (bicyclic) bond motifs is 1. The van der Waals surface area contributed by atoms with Gasteiger partial charge >= 0.3 is 0 Å². The molecule has 3 aromatic rings. The summed E-state index contributed by atoms with van der Waals surface area (Å²) in [5.74, 6) is -0.119. The predicted molar refractivity (Wildman–Crippen MR) is 93.9 cm³/mol. The van der Waals surface area contributed by atoms with Crippen LogP contribution < -0.4 is 5.32 Å². The number of hydrogen-bond donors (Lipinski definition) is 1. The predicted octanol–water partition coefficient (Wildman–Crippen LogP) is 5.10. The van der Waals surface area contributed by atoms with Crippen molar-refractivity contribution in [3.05, 3.63) is 69.1 Å². The molecule has 0 unspecified atom stereocenters. The van der Waals surface area contributed by atoms with Gasteiger partial charge in [-0.2, -0.15) is 0 Å². The van der Waals surface area contributed by atoms with E-state index in [1.54, 1.807) is 0 Å². The smallest absolute Gasteiger partial charge is 0.263 e. The Morgan fingerprint density at radius 3 is 2.68 bits per heavy atom. The Balaban J connectivity index is 1.80. The molecule has 2 nitrogen and oxygen atoms in total. The maximum absolute atomic E-state index is 12.4. The zero-order chi connectivity index (χ0) is 15.7. The third kappa shape index (κ3) is 2.87. The van der Waals surface area contributed by atoms with Crippen LogP contribution in [0.5, 0.6) is 0 Å². The van der Waals surface area contributed by atoms with E-state index in [4.69, 9.17) is 11.6 Å². The van der Waals surface area contributed by atoms with Crippen LogP contribution in [0.15, 0.2) is 42.5 Å². The summed E-state index contributed by atoms with van der Waals surface area (Å²) < 4.78 is 1.03. The number of hydrogen-bond acceptors (Lipinski definition) is 2. The van der Waals surface area contributed by atoms with Crippen molar-refractivity contribution >= 4 is 38.9 Å². The van der Waals surface area contributed by atoms with Crippen LogP contribution >= 0.6 is 22.9 Å². The minimum atomic E-state index is -0.119. The fourth-order valence-corrected chi connectivity index (χ4v) is 3.89. The maximum Gasteiger partial charge on any atom is 0.263 e. The molecular formula is C18H16ClNOS. The Bertz CT molecular complexity index is 853. The molecule has 0 aliphatic rings. The van der Waals surface area contributed by atoms with E-state index in [1.807, 2.05) is 24.3 Å². The third-order valence-electron chi connectivity index (χ3n) is 3.68. The highest BCUT2D eigenvalue weighted by Gasteiger charge is 2.16. The molecule has 4 heteroatoms. The van der Waals surface area contributed by atoms with Gasteiger partial charge in [-0.05, 0) is 31.0 Å². The number of amides is 1. The lowest BCUT2D eigenvalue weighted by Gasteiger charge is -2.08. The van der Waals surface area contributed by atoms with Gasteiger partial charge < -0.3 is 5.32 Å². The van der Waals surface area contributed by atoms with Gasteiger partial charge in [-0.3, -0.25) is 4.79 Å². The number of thiophene rings is 1. The molecule has 1 N–H and O–H groups in total. The number of carbonyl (C=O) groups is 1. The molecule has 0 aliphatic heterocycles. The Labute approximate surface area is 138 Å². The van der Waals surface area contributed by atoms with E-state index < -0.39 is 0 Å². The first-order valence-corrected chi connectivity index (χ1v) is 8.27. The van der Waals surface area contributed by atoms with Crippen molar-refractivity contribution in [3.8, 4) is 0 Å². The zero-order valence-corrected chi connectivity index (χ0v) is 14.0. The topological polar surface area (TPSA) is 29.1 Å². The second-order valence-corrected chi connectivity index (χ2v) is 6.78. The fourth-order valence-electron chi connectivity index (χ4n) is 2.46. The molecule has 1 aromatic heterocycles. The molecule has 0 atom stereocenters. The second-order valence-electron chi connectivity index (χ2n) is 5.35. The molecule has 0 bridgehead atoms. The van der Waals surface area contributed by atoms with Crippen LogP contribution in [0.1, 0.15) is 26.4 Å². The summed E-state index contributed by atoms with van der Waals surface area (Å²) in [7, 11) is 0. The summed E-state index contributed by atoms with van der Waals surface area (Å²) in [5.41, 5.74) is 3.53. The van der Waals surface area contributed by atoms with Crippen LogP contribution in [0.2, 0.25) is 5.02 Å². The molecule has 0 spiro atoms. The van der Waals surface area contributed by atoms with Crippen LogP contribution in [0.25, 0.3) is 10.1 Å². The number of rotatable bonds is 3. The largest absolute Gasteiger partial charge is 0.347 e. The van der Waals surface area contributed by atoms with Gasteiger partial charge in [-0.25, -0.2) is 0 Å². The third-order valence-corrected chi connectivity index (χ3v) is 5.35. The van der Waals surface area contributed by atoms with E-state index >= 15 is 0 Å². The summed E-state index contributed by atoms with van der Waals surface area (Å²) in [5, 5.41) is 4.44. The number of halogens is 1. The molecule has 0 radical (unpaired) electrons. The number of carbonyl (C=O) groups excluding carboxylic acids is 1. The first kappa shape index (κ1) is 15.1. The van der Waals surface area contributed by atoms with Crippen molar-refractivity contribution in [2.24, 2.45) is 0 Å². The normalized spacial score (nSPS) is 10.9. The van der Waals surface area contributed by atoms with E-state index in [0.29, 0.717) is 16.4 Å². The second kappa shape index (κ2) is 6.11. The van der Waals surface area contributed by atoms with E-state index in [1.165, 1.54) is 22.5 Å². The standard InChI is InChI=1S/C18H16ClNOS/c1-11-7-8-13(12(2)9-11)10-20-18(21)17-16(19)14-5-3-4-6-15(14)22-17/h3-9H,10H2,1-2H3,(H,20,21). The molecule has 1 heterocycles. The van der Waals surface area contributed by atoms with Gasteiger partial charge in [0.1, 0.15) is 4.88 Å². The van der Waals surface area contributed by atoms with Crippen LogP contribution in [-0.2, 0) is 6.54 Å². The molecule has 22 heavy (non-hydrogen) atoms. The van der Waals surface area contributed by atoms with E-state index in [9.17, 15) is 4.79 Å². The average molecular weight is 330 g/mol. The molecule has 3 rings (SSSR count). The van der Waals surface area contributed by atoms with Crippen LogP contribution in [0.4, 0.5) is 0 Å². The van der Waals surface area contributed by atoms with E-state index in [-0.39, 0.29) is 5.91 Å². The highest BCUT2D eigenvalue weighted by molar-refractivity contribution is 7.21. The maximum atomic E-state index is 12.4. The first-order chi connectivity index (χ1) is 10.6. The molecule has 0 fully saturated rings. The lowest BCUT2D eigenvalue weighted by atomic mass is 10.1. The average Bonchev–Trinajstić information content (AvgIpc) is 2.84. The monoisotopic (exact) mass is 329 g/mol. The summed E-state index contributed by atoms with van der Waals surface area (Å²) in [6.07, 6.45) is 0. The van der Waals surface area contributed by atoms with Gasteiger partial charge in [-0.1, -0.05) is 53.6 Å². The summed E-state index contributed by atoms with van der Waals surface area (Å²) in [4.78, 5) is 13.0. The van der Waals surface area contributed by atoms with Crippen molar-refractivity contribution in [1.82, 2.24) is 5.32 Å². The Morgan fingerprint density at radius 2 is 1.95 bits per heavy atom. The molecule has 1 amide bonds. The van der Waals surface area contributed by atoms with Crippen molar-refractivity contribution in [2.75, 3.05) is 0 Å². The van der Waals surface area contributed by atoms with Gasteiger partial charge in [0.15, 0.2) is 0 Å². The molecular weight excluding hydrogens is 314 g/mol. The summed E-state index contributed by atoms with van der Waals surface area (Å²) in [6.45, 7) is 4.63. The quantitative estimate of drug-likeness (QED) is 0.711. The van der Waals surface area contributed by atoms with E-state index in [2.05, 4.69) is 37.4 Å². The SMILES string of the molecule is Cc1ccc(CNC(=O)c2sc3ccccc3c2Cl)c(C)c1. The minimum Gasteiger partial charge on any atom is -0.347 e. The zero-order valence-electron chi connectivity index (χ0n) is 12.4.